The lowest BCUT2D eigenvalue weighted by Crippen LogP contribution is -2.31. The van der Waals surface area contributed by atoms with Crippen molar-refractivity contribution in [2.45, 2.75) is 50.3 Å². The number of fused-ring (bicyclic) bond motifs is 1. The molecule has 0 radical (unpaired) electrons. The Morgan fingerprint density at radius 1 is 1.07 bits per heavy atom. The molecule has 1 spiro atoms. The summed E-state index contributed by atoms with van der Waals surface area (Å²) in [6.07, 6.45) is 1.74. The van der Waals surface area contributed by atoms with E-state index in [9.17, 15) is 13.2 Å². The molecule has 5 rings (SSSR count). The first-order valence-electron chi connectivity index (χ1n) is 9.96. The minimum absolute atomic E-state index is 0.125. The minimum atomic E-state index is -4.43. The van der Waals surface area contributed by atoms with E-state index in [0.29, 0.717) is 27.8 Å². The second kappa shape index (κ2) is 7.11. The summed E-state index contributed by atoms with van der Waals surface area (Å²) < 4.78 is 41.1. The molecule has 2 heterocycles. The number of nitrogens with zero attached hydrogens (tertiary/aromatic N) is 2. The van der Waals surface area contributed by atoms with Gasteiger partial charge in [-0.1, -0.05) is 29.8 Å². The highest BCUT2D eigenvalue weighted by Crippen LogP contribution is 2.41. The van der Waals surface area contributed by atoms with Crippen molar-refractivity contribution in [3.8, 4) is 11.1 Å². The number of halogens is 4. The van der Waals surface area contributed by atoms with Gasteiger partial charge in [0.05, 0.1) is 16.6 Å². The standard InChI is InChI=1S/C22H19BrF3N3O/c23-16-10-13(14-6-2-3-7-15(14)22(24,25)26)11-17-19(16)28-20(27-17)18-12-21(30-29-18)8-4-1-5-9-21/h2-3,6-7,10-11H,1,4-5,8-9,12H2,(H,27,28). The summed E-state index contributed by atoms with van der Waals surface area (Å²) in [5.41, 5.74) is 1.76. The van der Waals surface area contributed by atoms with Gasteiger partial charge in [-0.3, -0.25) is 0 Å². The molecule has 8 heteroatoms. The van der Waals surface area contributed by atoms with Crippen molar-refractivity contribution >= 4 is 32.7 Å². The number of alkyl halides is 3. The molecule has 4 nitrogen and oxygen atoms in total. The third kappa shape index (κ3) is 3.41. The molecule has 1 N–H and O–H groups in total. The van der Waals surface area contributed by atoms with Gasteiger partial charge in [0, 0.05) is 10.9 Å². The first-order chi connectivity index (χ1) is 14.3. The van der Waals surface area contributed by atoms with Gasteiger partial charge in [-0.05, 0) is 70.9 Å². The zero-order valence-corrected chi connectivity index (χ0v) is 17.6. The number of nitrogens with one attached hydrogen (secondary N) is 1. The fraction of sp³-hybridized carbons (Fsp3) is 0.364. The van der Waals surface area contributed by atoms with Crippen LogP contribution in [0.15, 0.2) is 46.0 Å². The molecule has 1 aliphatic carbocycles. The summed E-state index contributed by atoms with van der Waals surface area (Å²) in [6.45, 7) is 0. The van der Waals surface area contributed by atoms with Crippen molar-refractivity contribution in [3.05, 3.63) is 52.3 Å². The fourth-order valence-corrected chi connectivity index (χ4v) is 5.01. The van der Waals surface area contributed by atoms with E-state index in [-0.39, 0.29) is 11.2 Å². The van der Waals surface area contributed by atoms with Crippen LogP contribution < -0.4 is 0 Å². The number of hydrogen-bond acceptors (Lipinski definition) is 3. The van der Waals surface area contributed by atoms with E-state index in [1.807, 2.05) is 0 Å². The van der Waals surface area contributed by atoms with E-state index in [1.165, 1.54) is 18.6 Å². The number of H-pyrrole nitrogens is 1. The van der Waals surface area contributed by atoms with Gasteiger partial charge in [0.2, 0.25) is 0 Å². The topological polar surface area (TPSA) is 50.3 Å². The van der Waals surface area contributed by atoms with Crippen molar-refractivity contribution in [2.24, 2.45) is 5.16 Å². The Kier molecular flexibility index (Phi) is 4.65. The molecule has 156 valence electrons. The molecule has 0 amide bonds. The van der Waals surface area contributed by atoms with E-state index in [0.717, 1.165) is 43.0 Å². The van der Waals surface area contributed by atoms with Gasteiger partial charge in [-0.15, -0.1) is 0 Å². The predicted molar refractivity (Wildman–Crippen MR) is 112 cm³/mol. The third-order valence-electron chi connectivity index (χ3n) is 5.97. The molecule has 0 atom stereocenters. The minimum Gasteiger partial charge on any atom is -0.388 e. The predicted octanol–water partition coefficient (Wildman–Crippen LogP) is 6.84. The Hall–Kier alpha value is -2.35. The van der Waals surface area contributed by atoms with Crippen LogP contribution >= 0.6 is 15.9 Å². The van der Waals surface area contributed by atoms with Crippen LogP contribution in [0.4, 0.5) is 13.2 Å². The Balaban J connectivity index is 1.52. The second-order valence-electron chi connectivity index (χ2n) is 8.03. The largest absolute Gasteiger partial charge is 0.417 e. The van der Waals surface area contributed by atoms with E-state index in [1.54, 1.807) is 18.2 Å². The highest BCUT2D eigenvalue weighted by atomic mass is 79.9. The molecular weight excluding hydrogens is 459 g/mol. The smallest absolute Gasteiger partial charge is 0.388 e. The van der Waals surface area contributed by atoms with Gasteiger partial charge >= 0.3 is 6.18 Å². The molecule has 3 aromatic rings. The quantitative estimate of drug-likeness (QED) is 0.439. The average Bonchev–Trinajstić information content (AvgIpc) is 3.33. The van der Waals surface area contributed by atoms with Crippen molar-refractivity contribution in [3.63, 3.8) is 0 Å². The number of hydrogen-bond donors (Lipinski definition) is 1. The van der Waals surface area contributed by atoms with Crippen LogP contribution in [0.5, 0.6) is 0 Å². The number of aromatic amines is 1. The van der Waals surface area contributed by atoms with Crippen molar-refractivity contribution in [1.29, 1.82) is 0 Å². The van der Waals surface area contributed by atoms with Gasteiger partial charge in [0.15, 0.2) is 5.82 Å². The van der Waals surface area contributed by atoms with Crippen LogP contribution in [-0.4, -0.2) is 21.3 Å². The Morgan fingerprint density at radius 3 is 2.60 bits per heavy atom. The number of rotatable bonds is 2. The van der Waals surface area contributed by atoms with Crippen molar-refractivity contribution in [2.75, 3.05) is 0 Å². The molecule has 1 fully saturated rings. The van der Waals surface area contributed by atoms with Crippen LogP contribution in [0.3, 0.4) is 0 Å². The molecular formula is C22H19BrF3N3O. The van der Waals surface area contributed by atoms with Crippen LogP contribution in [0, 0.1) is 0 Å². The van der Waals surface area contributed by atoms with Crippen molar-refractivity contribution in [1.82, 2.24) is 9.97 Å². The van der Waals surface area contributed by atoms with Gasteiger partial charge in [0.1, 0.15) is 11.3 Å². The lowest BCUT2D eigenvalue weighted by atomic mass is 9.81. The number of oxime groups is 1. The molecule has 1 aliphatic heterocycles. The Labute approximate surface area is 179 Å². The van der Waals surface area contributed by atoms with Gasteiger partial charge < -0.3 is 9.82 Å². The first kappa shape index (κ1) is 19.6. The van der Waals surface area contributed by atoms with Crippen LogP contribution in [0.25, 0.3) is 22.2 Å². The fourth-order valence-electron chi connectivity index (χ4n) is 4.46. The van der Waals surface area contributed by atoms with Crippen LogP contribution in [0.1, 0.15) is 49.9 Å². The van der Waals surface area contributed by atoms with E-state index >= 15 is 0 Å². The highest BCUT2D eigenvalue weighted by Gasteiger charge is 2.41. The SMILES string of the molecule is FC(F)(F)c1ccccc1-c1cc(Br)c2[nH]c(C3=NOC4(CCCCC4)C3)nc2c1. The Bertz CT molecular complexity index is 1150. The average molecular weight is 478 g/mol. The summed E-state index contributed by atoms with van der Waals surface area (Å²) in [7, 11) is 0. The molecule has 0 unspecified atom stereocenters. The number of benzene rings is 2. The number of aromatic nitrogens is 2. The monoisotopic (exact) mass is 477 g/mol. The summed E-state index contributed by atoms with van der Waals surface area (Å²) in [5, 5.41) is 4.29. The van der Waals surface area contributed by atoms with Gasteiger partial charge in [0.25, 0.3) is 0 Å². The third-order valence-corrected chi connectivity index (χ3v) is 6.59. The first-order valence-corrected chi connectivity index (χ1v) is 10.8. The lowest BCUT2D eigenvalue weighted by molar-refractivity contribution is -0.137. The molecule has 2 aliphatic rings. The molecule has 0 saturated heterocycles. The maximum Gasteiger partial charge on any atom is 0.417 e. The normalized spacial score (nSPS) is 18.6. The summed E-state index contributed by atoms with van der Waals surface area (Å²) >= 11 is 3.49. The molecule has 1 saturated carbocycles. The van der Waals surface area contributed by atoms with Gasteiger partial charge in [-0.2, -0.15) is 13.2 Å². The highest BCUT2D eigenvalue weighted by molar-refractivity contribution is 9.10. The van der Waals surface area contributed by atoms with Crippen molar-refractivity contribution < 1.29 is 18.0 Å². The maximum absolute atomic E-state index is 13.5. The van der Waals surface area contributed by atoms with Gasteiger partial charge in [-0.25, -0.2) is 4.98 Å². The van der Waals surface area contributed by atoms with Crippen LogP contribution in [0.2, 0.25) is 0 Å². The zero-order valence-electron chi connectivity index (χ0n) is 16.0. The molecule has 0 bridgehead atoms. The summed E-state index contributed by atoms with van der Waals surface area (Å²) in [6, 6.07) is 8.93. The number of imidazole rings is 1. The second-order valence-corrected chi connectivity index (χ2v) is 8.89. The van der Waals surface area contributed by atoms with Crippen LogP contribution in [-0.2, 0) is 11.0 Å². The maximum atomic E-state index is 13.5. The Morgan fingerprint density at radius 2 is 1.83 bits per heavy atom. The molecule has 30 heavy (non-hydrogen) atoms. The molecule has 1 aromatic heterocycles. The summed E-state index contributed by atoms with van der Waals surface area (Å²) in [5.74, 6) is 0.606. The van der Waals surface area contributed by atoms with E-state index in [2.05, 4.69) is 31.1 Å². The summed E-state index contributed by atoms with van der Waals surface area (Å²) in [4.78, 5) is 13.7. The zero-order chi connectivity index (χ0) is 20.9. The molecule has 2 aromatic carbocycles. The lowest BCUT2D eigenvalue weighted by Gasteiger charge is -2.30. The van der Waals surface area contributed by atoms with E-state index in [4.69, 9.17) is 4.84 Å². The van der Waals surface area contributed by atoms with E-state index < -0.39 is 11.7 Å².